The van der Waals surface area contributed by atoms with Crippen LogP contribution in [-0.2, 0) is 6.42 Å². The van der Waals surface area contributed by atoms with Gasteiger partial charge in [0, 0.05) is 22.5 Å². The van der Waals surface area contributed by atoms with Crippen LogP contribution in [0.5, 0.6) is 5.75 Å². The number of pyridine rings is 1. The normalized spacial score (nSPS) is 10.2. The van der Waals surface area contributed by atoms with Crippen LogP contribution in [0.2, 0.25) is 0 Å². The van der Waals surface area contributed by atoms with E-state index in [1.165, 1.54) is 6.20 Å². The zero-order chi connectivity index (χ0) is 12.1. The predicted octanol–water partition coefficient (Wildman–Crippen LogP) is 2.70. The molecule has 0 saturated carbocycles. The molecule has 0 aliphatic carbocycles. The van der Waals surface area contributed by atoms with Crippen LogP contribution in [0.3, 0.4) is 0 Å². The van der Waals surface area contributed by atoms with E-state index in [0.29, 0.717) is 6.61 Å². The Morgan fingerprint density at radius 2 is 1.94 bits per heavy atom. The van der Waals surface area contributed by atoms with Crippen molar-refractivity contribution in [2.24, 2.45) is 0 Å². The minimum absolute atomic E-state index is 0.561. The zero-order valence-electron chi connectivity index (χ0n) is 9.17. The molecule has 2 aromatic rings. The van der Waals surface area contributed by atoms with Crippen LogP contribution >= 0.6 is 15.9 Å². The van der Waals surface area contributed by atoms with Gasteiger partial charge in [-0.2, -0.15) is 4.73 Å². The first-order valence-corrected chi connectivity index (χ1v) is 6.09. The van der Waals surface area contributed by atoms with E-state index in [-0.39, 0.29) is 0 Å². The van der Waals surface area contributed by atoms with Gasteiger partial charge in [0.1, 0.15) is 5.75 Å². The Morgan fingerprint density at radius 1 is 1.18 bits per heavy atom. The van der Waals surface area contributed by atoms with Gasteiger partial charge in [0.15, 0.2) is 12.4 Å². The summed E-state index contributed by atoms with van der Waals surface area (Å²) in [6.07, 6.45) is 3.75. The average Bonchev–Trinajstić information content (AvgIpc) is 2.32. The van der Waals surface area contributed by atoms with E-state index < -0.39 is 0 Å². The molecule has 0 fully saturated rings. The van der Waals surface area contributed by atoms with E-state index in [1.54, 1.807) is 12.3 Å². The molecule has 2 rings (SSSR count). The number of halogens is 1. The third-order valence-electron chi connectivity index (χ3n) is 2.31. The van der Waals surface area contributed by atoms with Crippen molar-refractivity contribution in [3.63, 3.8) is 0 Å². The third-order valence-corrected chi connectivity index (χ3v) is 2.84. The summed E-state index contributed by atoms with van der Waals surface area (Å²) < 4.78 is 7.40. The Balaban J connectivity index is 1.85. The van der Waals surface area contributed by atoms with Crippen LogP contribution in [0, 0.1) is 5.21 Å². The van der Waals surface area contributed by atoms with Gasteiger partial charge in [0.05, 0.1) is 6.61 Å². The molecule has 0 N–H and O–H groups in total. The number of nitrogens with zero attached hydrogens (tertiary/aromatic N) is 1. The molecule has 1 aromatic carbocycles. The third kappa shape index (κ3) is 3.75. The first-order chi connectivity index (χ1) is 8.24. The smallest absolute Gasteiger partial charge is 0.183 e. The van der Waals surface area contributed by atoms with Crippen LogP contribution in [0.25, 0.3) is 0 Å². The lowest BCUT2D eigenvalue weighted by atomic mass is 10.2. The van der Waals surface area contributed by atoms with Gasteiger partial charge in [-0.05, 0) is 30.3 Å². The number of hydrogen-bond donors (Lipinski definition) is 0. The Bertz CT molecular complexity index is 485. The molecule has 0 aliphatic heterocycles. The van der Waals surface area contributed by atoms with Gasteiger partial charge < -0.3 is 9.94 Å². The van der Waals surface area contributed by atoms with Gasteiger partial charge >= 0.3 is 0 Å². The molecular formula is C13H12BrNO2. The second kappa shape index (κ2) is 5.68. The van der Waals surface area contributed by atoms with E-state index >= 15 is 0 Å². The van der Waals surface area contributed by atoms with E-state index in [0.717, 1.165) is 26.9 Å². The number of hydrogen-bond acceptors (Lipinski definition) is 2. The van der Waals surface area contributed by atoms with Crippen molar-refractivity contribution in [3.05, 3.63) is 64.0 Å². The van der Waals surface area contributed by atoms with Gasteiger partial charge in [0.2, 0.25) is 0 Å². The first kappa shape index (κ1) is 11.9. The maximum Gasteiger partial charge on any atom is 0.183 e. The first-order valence-electron chi connectivity index (χ1n) is 5.30. The van der Waals surface area contributed by atoms with Crippen molar-refractivity contribution in [3.8, 4) is 5.75 Å². The molecule has 0 saturated heterocycles. The Labute approximate surface area is 108 Å². The van der Waals surface area contributed by atoms with Crippen LogP contribution in [-0.4, -0.2) is 6.61 Å². The van der Waals surface area contributed by atoms with Gasteiger partial charge in [-0.15, -0.1) is 0 Å². The van der Waals surface area contributed by atoms with Gasteiger partial charge in [-0.3, -0.25) is 0 Å². The summed E-state index contributed by atoms with van der Waals surface area (Å²) in [4.78, 5) is 0. The Morgan fingerprint density at radius 3 is 2.65 bits per heavy atom. The molecular weight excluding hydrogens is 282 g/mol. The van der Waals surface area contributed by atoms with E-state index in [4.69, 9.17) is 4.74 Å². The van der Waals surface area contributed by atoms with E-state index in [2.05, 4.69) is 15.9 Å². The van der Waals surface area contributed by atoms with Crippen molar-refractivity contribution in [2.75, 3.05) is 6.61 Å². The fourth-order valence-corrected chi connectivity index (χ4v) is 1.73. The standard InChI is InChI=1S/C13H12BrNO2/c14-12-3-5-13(6-4-12)17-9-7-11-2-1-8-15(16)10-11/h1-6,8,10H,7,9H2. The van der Waals surface area contributed by atoms with Crippen molar-refractivity contribution >= 4 is 15.9 Å². The molecule has 0 amide bonds. The summed E-state index contributed by atoms with van der Waals surface area (Å²) in [5, 5.41) is 11.0. The van der Waals surface area contributed by atoms with Crippen molar-refractivity contribution in [1.82, 2.24) is 0 Å². The molecule has 0 unspecified atom stereocenters. The lowest BCUT2D eigenvalue weighted by molar-refractivity contribution is -0.605. The zero-order valence-corrected chi connectivity index (χ0v) is 10.8. The second-order valence-corrected chi connectivity index (χ2v) is 4.54. The number of benzene rings is 1. The summed E-state index contributed by atoms with van der Waals surface area (Å²) in [5.41, 5.74) is 0.972. The summed E-state index contributed by atoms with van der Waals surface area (Å²) in [5.74, 6) is 0.833. The van der Waals surface area contributed by atoms with Crippen LogP contribution in [0.4, 0.5) is 0 Å². The lowest BCUT2D eigenvalue weighted by Gasteiger charge is -2.06. The number of ether oxygens (including phenoxy) is 1. The predicted molar refractivity (Wildman–Crippen MR) is 68.7 cm³/mol. The minimum atomic E-state index is 0.561. The summed E-state index contributed by atoms with van der Waals surface area (Å²) in [7, 11) is 0. The molecule has 4 heteroatoms. The summed E-state index contributed by atoms with van der Waals surface area (Å²) in [6.45, 7) is 0.561. The maximum atomic E-state index is 11.0. The van der Waals surface area contributed by atoms with Gasteiger partial charge in [-0.1, -0.05) is 15.9 Å². The largest absolute Gasteiger partial charge is 0.619 e. The number of aromatic nitrogens is 1. The Kier molecular flexibility index (Phi) is 3.98. The quantitative estimate of drug-likeness (QED) is 0.642. The number of rotatable bonds is 4. The molecule has 0 aliphatic rings. The topological polar surface area (TPSA) is 36.2 Å². The highest BCUT2D eigenvalue weighted by Crippen LogP contribution is 2.16. The molecule has 17 heavy (non-hydrogen) atoms. The van der Waals surface area contributed by atoms with Crippen LogP contribution < -0.4 is 9.47 Å². The van der Waals surface area contributed by atoms with Crippen molar-refractivity contribution in [2.45, 2.75) is 6.42 Å². The molecule has 88 valence electrons. The van der Waals surface area contributed by atoms with Gasteiger partial charge in [0.25, 0.3) is 0 Å². The molecule has 0 bridgehead atoms. The molecule has 3 nitrogen and oxygen atoms in total. The maximum absolute atomic E-state index is 11.0. The SMILES string of the molecule is [O-][n+]1cccc(CCOc2ccc(Br)cc2)c1. The molecule has 0 radical (unpaired) electrons. The van der Waals surface area contributed by atoms with Crippen molar-refractivity contribution < 1.29 is 9.47 Å². The summed E-state index contributed by atoms with van der Waals surface area (Å²) in [6, 6.07) is 11.3. The lowest BCUT2D eigenvalue weighted by Crippen LogP contribution is -2.25. The molecule has 0 atom stereocenters. The average molecular weight is 294 g/mol. The monoisotopic (exact) mass is 293 g/mol. The highest BCUT2D eigenvalue weighted by Gasteiger charge is 1.98. The fourth-order valence-electron chi connectivity index (χ4n) is 1.47. The van der Waals surface area contributed by atoms with E-state index in [9.17, 15) is 5.21 Å². The minimum Gasteiger partial charge on any atom is -0.619 e. The Hall–Kier alpha value is -1.55. The van der Waals surface area contributed by atoms with Gasteiger partial charge in [-0.25, -0.2) is 0 Å². The molecule has 0 spiro atoms. The van der Waals surface area contributed by atoms with Crippen LogP contribution in [0.1, 0.15) is 5.56 Å². The van der Waals surface area contributed by atoms with Crippen LogP contribution in [0.15, 0.2) is 53.3 Å². The van der Waals surface area contributed by atoms with E-state index in [1.807, 2.05) is 30.3 Å². The van der Waals surface area contributed by atoms with Crippen molar-refractivity contribution in [1.29, 1.82) is 0 Å². The highest BCUT2D eigenvalue weighted by molar-refractivity contribution is 9.10. The molecule has 1 aromatic heterocycles. The highest BCUT2D eigenvalue weighted by atomic mass is 79.9. The molecule has 1 heterocycles. The second-order valence-electron chi connectivity index (χ2n) is 3.62. The summed E-state index contributed by atoms with van der Waals surface area (Å²) >= 11 is 3.37. The fraction of sp³-hybridized carbons (Fsp3) is 0.154.